The normalized spacial score (nSPS) is 9.73. The molecule has 1 rings (SSSR count). The minimum atomic E-state index is -0.315. The van der Waals surface area contributed by atoms with Crippen LogP contribution in [0.1, 0.15) is 5.56 Å². The van der Waals surface area contributed by atoms with E-state index in [0.29, 0.717) is 11.1 Å². The second-order valence-electron chi connectivity index (χ2n) is 2.07. The minimum absolute atomic E-state index is 0.315. The van der Waals surface area contributed by atoms with Crippen LogP contribution in [0.15, 0.2) is 18.2 Å². The van der Waals surface area contributed by atoms with Gasteiger partial charge >= 0.3 is 0 Å². The van der Waals surface area contributed by atoms with Crippen LogP contribution in [0.4, 0.5) is 4.39 Å². The molecule has 1 aromatic carbocycles. The summed E-state index contributed by atoms with van der Waals surface area (Å²) in [5, 5.41) is 0.605. The van der Waals surface area contributed by atoms with Crippen molar-refractivity contribution in [2.45, 2.75) is 5.33 Å². The summed E-state index contributed by atoms with van der Waals surface area (Å²) < 4.78 is 17.8. The van der Waals surface area contributed by atoms with Crippen LogP contribution in [0.25, 0.3) is 0 Å². The van der Waals surface area contributed by atoms with Gasteiger partial charge in [0.15, 0.2) is 11.6 Å². The molecule has 11 heavy (non-hydrogen) atoms. The molecule has 60 valence electrons. The number of methoxy groups -OCH3 is 1. The molecule has 0 aliphatic heterocycles. The first kappa shape index (κ1) is 8.53. The van der Waals surface area contributed by atoms with Gasteiger partial charge in [-0.05, 0) is 6.07 Å². The maximum atomic E-state index is 12.9. The van der Waals surface area contributed by atoms with E-state index in [4.69, 9.17) is 4.74 Å². The summed E-state index contributed by atoms with van der Waals surface area (Å²) in [5.41, 5.74) is 0.826. The van der Waals surface area contributed by atoms with Crippen molar-refractivity contribution < 1.29 is 9.13 Å². The van der Waals surface area contributed by atoms with E-state index in [2.05, 4.69) is 15.9 Å². The third kappa shape index (κ3) is 1.71. The number of alkyl halides is 1. The third-order valence-corrected chi connectivity index (χ3v) is 2.00. The summed E-state index contributed by atoms with van der Waals surface area (Å²) in [4.78, 5) is 0. The van der Waals surface area contributed by atoms with Crippen molar-refractivity contribution in [1.29, 1.82) is 0 Å². The summed E-state index contributed by atoms with van der Waals surface area (Å²) in [5.74, 6) is 0.00817. The van der Waals surface area contributed by atoms with Crippen LogP contribution in [0, 0.1) is 5.82 Å². The molecule has 0 amide bonds. The van der Waals surface area contributed by atoms with Gasteiger partial charge in [-0.25, -0.2) is 4.39 Å². The molecule has 0 bridgehead atoms. The molecule has 1 aromatic rings. The van der Waals surface area contributed by atoms with Crippen LogP contribution < -0.4 is 4.74 Å². The Morgan fingerprint density at radius 3 is 2.73 bits per heavy atom. The van der Waals surface area contributed by atoms with Crippen molar-refractivity contribution in [3.8, 4) is 5.75 Å². The van der Waals surface area contributed by atoms with Crippen molar-refractivity contribution >= 4 is 15.9 Å². The van der Waals surface area contributed by atoms with Crippen molar-refractivity contribution in [2.24, 2.45) is 0 Å². The number of benzene rings is 1. The summed E-state index contributed by atoms with van der Waals surface area (Å²) in [6.07, 6.45) is 0. The zero-order valence-electron chi connectivity index (χ0n) is 6.10. The second-order valence-corrected chi connectivity index (χ2v) is 2.63. The van der Waals surface area contributed by atoms with Gasteiger partial charge in [0.2, 0.25) is 0 Å². The van der Waals surface area contributed by atoms with Crippen LogP contribution in [0.3, 0.4) is 0 Å². The second kappa shape index (κ2) is 3.72. The van der Waals surface area contributed by atoms with E-state index in [1.165, 1.54) is 13.2 Å². The van der Waals surface area contributed by atoms with Crippen molar-refractivity contribution in [2.75, 3.05) is 7.11 Å². The Kier molecular flexibility index (Phi) is 2.88. The van der Waals surface area contributed by atoms with E-state index >= 15 is 0 Å². The summed E-state index contributed by atoms with van der Waals surface area (Å²) in [6.45, 7) is 0. The Hall–Kier alpha value is -0.570. The van der Waals surface area contributed by atoms with E-state index in [-0.39, 0.29) is 5.82 Å². The lowest BCUT2D eigenvalue weighted by molar-refractivity contribution is 0.383. The lowest BCUT2D eigenvalue weighted by Gasteiger charge is -2.05. The van der Waals surface area contributed by atoms with E-state index in [1.54, 1.807) is 6.07 Å². The molecule has 0 saturated heterocycles. The fourth-order valence-electron chi connectivity index (χ4n) is 0.887. The summed E-state index contributed by atoms with van der Waals surface area (Å²) in [7, 11) is 1.46. The Bertz CT molecular complexity index is 250. The first-order valence-corrected chi connectivity index (χ1v) is 4.29. The maximum Gasteiger partial charge on any atom is 0.165 e. The van der Waals surface area contributed by atoms with Gasteiger partial charge in [-0.2, -0.15) is 0 Å². The maximum absolute atomic E-state index is 12.9. The monoisotopic (exact) mass is 218 g/mol. The highest BCUT2D eigenvalue weighted by Gasteiger charge is 2.05. The molecule has 0 aliphatic carbocycles. The molecular weight excluding hydrogens is 211 g/mol. The van der Waals surface area contributed by atoms with E-state index in [9.17, 15) is 4.39 Å². The Morgan fingerprint density at radius 2 is 2.27 bits per heavy atom. The van der Waals surface area contributed by atoms with Gasteiger partial charge in [-0.15, -0.1) is 0 Å². The average molecular weight is 219 g/mol. The molecule has 0 aliphatic rings. The first-order valence-electron chi connectivity index (χ1n) is 3.17. The van der Waals surface area contributed by atoms with Crippen molar-refractivity contribution in [1.82, 2.24) is 0 Å². The predicted molar refractivity (Wildman–Crippen MR) is 45.6 cm³/mol. The molecule has 0 N–H and O–H groups in total. The Labute approximate surface area is 73.3 Å². The zero-order valence-corrected chi connectivity index (χ0v) is 7.69. The number of hydrogen-bond donors (Lipinski definition) is 0. The van der Waals surface area contributed by atoms with Gasteiger partial charge < -0.3 is 4.74 Å². The van der Waals surface area contributed by atoms with Crippen LogP contribution in [-0.2, 0) is 5.33 Å². The van der Waals surface area contributed by atoms with Gasteiger partial charge in [0.1, 0.15) is 0 Å². The fraction of sp³-hybridized carbons (Fsp3) is 0.250. The average Bonchev–Trinajstić information content (AvgIpc) is 2.04. The van der Waals surface area contributed by atoms with Gasteiger partial charge in [-0.1, -0.05) is 28.1 Å². The lowest BCUT2D eigenvalue weighted by atomic mass is 10.2. The minimum Gasteiger partial charge on any atom is -0.493 e. The quantitative estimate of drug-likeness (QED) is 0.695. The standard InChI is InChI=1S/C8H8BrFO/c1-11-8-6(5-9)3-2-4-7(8)10/h2-4H,5H2,1H3. The summed E-state index contributed by atoms with van der Waals surface area (Å²) in [6, 6.07) is 4.86. The zero-order chi connectivity index (χ0) is 8.27. The smallest absolute Gasteiger partial charge is 0.165 e. The largest absolute Gasteiger partial charge is 0.493 e. The highest BCUT2D eigenvalue weighted by atomic mass is 79.9. The van der Waals surface area contributed by atoms with Gasteiger partial charge in [0.05, 0.1) is 7.11 Å². The fourth-order valence-corrected chi connectivity index (χ4v) is 1.33. The number of ether oxygens (including phenoxy) is 1. The molecular formula is C8H8BrFO. The highest BCUT2D eigenvalue weighted by Crippen LogP contribution is 2.23. The highest BCUT2D eigenvalue weighted by molar-refractivity contribution is 9.08. The van der Waals surface area contributed by atoms with Crippen LogP contribution in [0.2, 0.25) is 0 Å². The molecule has 0 saturated carbocycles. The lowest BCUT2D eigenvalue weighted by Crippen LogP contribution is -1.92. The molecule has 0 fully saturated rings. The van der Waals surface area contributed by atoms with Crippen LogP contribution >= 0.6 is 15.9 Å². The van der Waals surface area contributed by atoms with Crippen molar-refractivity contribution in [3.63, 3.8) is 0 Å². The van der Waals surface area contributed by atoms with Gasteiger partial charge in [0.25, 0.3) is 0 Å². The Morgan fingerprint density at radius 1 is 1.55 bits per heavy atom. The molecule has 0 atom stereocenters. The van der Waals surface area contributed by atoms with Crippen LogP contribution in [0.5, 0.6) is 5.75 Å². The number of para-hydroxylation sites is 1. The van der Waals surface area contributed by atoms with Gasteiger partial charge in [-0.3, -0.25) is 0 Å². The number of halogens is 2. The molecule has 3 heteroatoms. The first-order chi connectivity index (χ1) is 5.29. The number of rotatable bonds is 2. The molecule has 0 spiro atoms. The molecule has 0 radical (unpaired) electrons. The molecule has 0 unspecified atom stereocenters. The van der Waals surface area contributed by atoms with E-state index in [0.717, 1.165) is 5.56 Å². The molecule has 1 nitrogen and oxygen atoms in total. The topological polar surface area (TPSA) is 9.23 Å². The van der Waals surface area contributed by atoms with E-state index in [1.807, 2.05) is 6.07 Å². The number of hydrogen-bond acceptors (Lipinski definition) is 1. The molecule has 0 aromatic heterocycles. The van der Waals surface area contributed by atoms with E-state index < -0.39 is 0 Å². The predicted octanol–water partition coefficient (Wildman–Crippen LogP) is 2.73. The summed E-state index contributed by atoms with van der Waals surface area (Å²) >= 11 is 3.24. The third-order valence-electron chi connectivity index (χ3n) is 1.40. The molecule has 0 heterocycles. The Balaban J connectivity index is 3.13. The van der Waals surface area contributed by atoms with Crippen LogP contribution in [-0.4, -0.2) is 7.11 Å². The van der Waals surface area contributed by atoms with Gasteiger partial charge in [0, 0.05) is 10.9 Å². The SMILES string of the molecule is COc1c(F)cccc1CBr. The van der Waals surface area contributed by atoms with Crippen molar-refractivity contribution in [3.05, 3.63) is 29.6 Å².